The second-order valence-electron chi connectivity index (χ2n) is 6.65. The number of para-hydroxylation sites is 1. The Morgan fingerprint density at radius 3 is 2.79 bits per heavy atom. The number of nitrogens with zero attached hydrogens (tertiary/aromatic N) is 3. The zero-order chi connectivity index (χ0) is 17.3. The van der Waals surface area contributed by atoms with E-state index in [0.29, 0.717) is 5.39 Å². The summed E-state index contributed by atoms with van der Waals surface area (Å²) in [4.78, 5) is 28.4. The van der Waals surface area contributed by atoms with Gasteiger partial charge in [0.2, 0.25) is 5.43 Å². The van der Waals surface area contributed by atoms with Gasteiger partial charge in [0.1, 0.15) is 5.56 Å². The van der Waals surface area contributed by atoms with Crippen LogP contribution in [0.2, 0.25) is 0 Å². The summed E-state index contributed by atoms with van der Waals surface area (Å²) in [5.41, 5.74) is 0.254. The predicted octanol–water partition coefficient (Wildman–Crippen LogP) is 1.51. The molecule has 6 heteroatoms. The Morgan fingerprint density at radius 1 is 1.33 bits per heavy atom. The number of hydrogen-bond acceptors (Lipinski definition) is 4. The Morgan fingerprint density at radius 2 is 2.08 bits per heavy atom. The molecule has 3 rings (SSSR count). The molecule has 1 aromatic heterocycles. The van der Waals surface area contributed by atoms with Crippen molar-refractivity contribution in [2.75, 3.05) is 40.3 Å². The summed E-state index contributed by atoms with van der Waals surface area (Å²) in [5.74, 6) is -1.16. The average molecular weight is 329 g/mol. The second-order valence-corrected chi connectivity index (χ2v) is 6.65. The van der Waals surface area contributed by atoms with Crippen LogP contribution in [0.15, 0.2) is 35.3 Å². The summed E-state index contributed by atoms with van der Waals surface area (Å²) in [6, 6.07) is 7.45. The van der Waals surface area contributed by atoms with Gasteiger partial charge in [-0.2, -0.15) is 0 Å². The predicted molar refractivity (Wildman–Crippen MR) is 93.8 cm³/mol. The third-order valence-electron chi connectivity index (χ3n) is 4.67. The number of aromatic nitrogens is 1. The largest absolute Gasteiger partial charge is 0.477 e. The van der Waals surface area contributed by atoms with Crippen LogP contribution in [-0.2, 0) is 0 Å². The lowest BCUT2D eigenvalue weighted by atomic mass is 10.1. The molecule has 0 saturated carbocycles. The lowest BCUT2D eigenvalue weighted by Crippen LogP contribution is -2.30. The number of pyridine rings is 1. The molecule has 1 aliphatic rings. The zero-order valence-corrected chi connectivity index (χ0v) is 14.1. The number of carboxylic acid groups (broad SMARTS) is 1. The lowest BCUT2D eigenvalue weighted by Gasteiger charge is -2.21. The van der Waals surface area contributed by atoms with Crippen molar-refractivity contribution in [3.63, 3.8) is 0 Å². The van der Waals surface area contributed by atoms with Crippen LogP contribution in [0.25, 0.3) is 10.9 Å². The summed E-state index contributed by atoms with van der Waals surface area (Å²) < 4.78 is 1.98. The summed E-state index contributed by atoms with van der Waals surface area (Å²) in [6.45, 7) is 3.85. The molecular weight excluding hydrogens is 306 g/mol. The van der Waals surface area contributed by atoms with Crippen LogP contribution in [-0.4, -0.2) is 65.7 Å². The van der Waals surface area contributed by atoms with Crippen molar-refractivity contribution in [3.8, 4) is 0 Å². The minimum Gasteiger partial charge on any atom is -0.477 e. The number of fused-ring (bicyclic) bond motifs is 1. The highest BCUT2D eigenvalue weighted by molar-refractivity contribution is 5.92. The number of likely N-dealkylation sites (N-methyl/N-ethyl adjacent to an activating group) is 1. The molecule has 24 heavy (non-hydrogen) atoms. The summed E-state index contributed by atoms with van der Waals surface area (Å²) in [5, 5.41) is 9.84. The smallest absolute Gasteiger partial charge is 0.341 e. The number of benzene rings is 1. The molecule has 0 spiro atoms. The normalized spacial score (nSPS) is 18.5. The Hall–Kier alpha value is -2.18. The van der Waals surface area contributed by atoms with Gasteiger partial charge in [-0.05, 0) is 32.6 Å². The number of carbonyl (C=O) groups is 1. The maximum Gasteiger partial charge on any atom is 0.341 e. The highest BCUT2D eigenvalue weighted by Gasteiger charge is 2.26. The van der Waals surface area contributed by atoms with E-state index in [2.05, 4.69) is 23.9 Å². The minimum atomic E-state index is -1.16. The fraction of sp³-hybridized carbons (Fsp3) is 0.444. The fourth-order valence-corrected chi connectivity index (χ4v) is 3.34. The number of rotatable bonds is 5. The maximum absolute atomic E-state index is 12.4. The van der Waals surface area contributed by atoms with E-state index in [1.54, 1.807) is 12.1 Å². The van der Waals surface area contributed by atoms with Gasteiger partial charge in [0.05, 0.1) is 5.52 Å². The summed E-state index contributed by atoms with van der Waals surface area (Å²) >= 11 is 0. The SMILES string of the molecule is CN(C)CCN1CCC(n2cc(C(=O)O)c(=O)c3ccccc32)C1. The van der Waals surface area contributed by atoms with Gasteiger partial charge in [-0.1, -0.05) is 12.1 Å². The van der Waals surface area contributed by atoms with Crippen LogP contribution in [0.4, 0.5) is 0 Å². The zero-order valence-electron chi connectivity index (χ0n) is 14.1. The van der Waals surface area contributed by atoms with Gasteiger partial charge < -0.3 is 14.6 Å². The third-order valence-corrected chi connectivity index (χ3v) is 4.67. The number of likely N-dealkylation sites (tertiary alicyclic amines) is 1. The van der Waals surface area contributed by atoms with Gasteiger partial charge >= 0.3 is 5.97 Å². The van der Waals surface area contributed by atoms with Crippen LogP contribution in [0, 0.1) is 0 Å². The highest BCUT2D eigenvalue weighted by Crippen LogP contribution is 2.25. The molecule has 1 aromatic carbocycles. The van der Waals surface area contributed by atoms with E-state index in [4.69, 9.17) is 0 Å². The molecule has 0 radical (unpaired) electrons. The Kier molecular flexibility index (Phi) is 4.69. The van der Waals surface area contributed by atoms with Crippen LogP contribution in [0.3, 0.4) is 0 Å². The molecule has 128 valence electrons. The third kappa shape index (κ3) is 3.20. The Labute approximate surface area is 140 Å². The van der Waals surface area contributed by atoms with Crippen LogP contribution < -0.4 is 5.43 Å². The molecule has 1 N–H and O–H groups in total. The first-order valence-corrected chi connectivity index (χ1v) is 8.21. The molecule has 2 heterocycles. The number of aromatic carboxylic acids is 1. The molecule has 1 fully saturated rings. The molecule has 0 aliphatic carbocycles. The molecule has 0 bridgehead atoms. The van der Waals surface area contributed by atoms with Crippen molar-refractivity contribution in [1.82, 2.24) is 14.4 Å². The van der Waals surface area contributed by atoms with E-state index < -0.39 is 11.4 Å². The monoisotopic (exact) mass is 329 g/mol. The minimum absolute atomic E-state index is 0.152. The van der Waals surface area contributed by atoms with Crippen LogP contribution in [0.5, 0.6) is 0 Å². The van der Waals surface area contributed by atoms with Gasteiger partial charge in [0.15, 0.2) is 0 Å². The first kappa shape index (κ1) is 16.7. The van der Waals surface area contributed by atoms with Crippen LogP contribution >= 0.6 is 0 Å². The van der Waals surface area contributed by atoms with E-state index in [-0.39, 0.29) is 11.6 Å². The first-order valence-electron chi connectivity index (χ1n) is 8.21. The van der Waals surface area contributed by atoms with Gasteiger partial charge in [0, 0.05) is 43.8 Å². The van der Waals surface area contributed by atoms with E-state index in [1.807, 2.05) is 16.7 Å². The van der Waals surface area contributed by atoms with E-state index in [9.17, 15) is 14.7 Å². The Bertz CT molecular complexity index is 813. The second kappa shape index (κ2) is 6.75. The molecule has 1 unspecified atom stereocenters. The molecule has 1 saturated heterocycles. The van der Waals surface area contributed by atoms with Crippen molar-refractivity contribution < 1.29 is 9.90 Å². The molecule has 2 aromatic rings. The average Bonchev–Trinajstić information content (AvgIpc) is 3.02. The summed E-state index contributed by atoms with van der Waals surface area (Å²) in [6.07, 6.45) is 2.48. The highest BCUT2D eigenvalue weighted by atomic mass is 16.4. The maximum atomic E-state index is 12.4. The quantitative estimate of drug-likeness (QED) is 0.901. The van der Waals surface area contributed by atoms with Crippen molar-refractivity contribution in [1.29, 1.82) is 0 Å². The van der Waals surface area contributed by atoms with E-state index in [1.165, 1.54) is 6.20 Å². The van der Waals surface area contributed by atoms with Crippen molar-refractivity contribution in [2.24, 2.45) is 0 Å². The standard InChI is InChI=1S/C18H23N3O3/c1-19(2)9-10-20-8-7-13(11-20)21-12-15(18(23)24)17(22)14-5-3-4-6-16(14)21/h3-6,12-13H,7-11H2,1-2H3,(H,23,24). The molecule has 1 atom stereocenters. The van der Waals surface area contributed by atoms with Crippen LogP contribution in [0.1, 0.15) is 22.8 Å². The van der Waals surface area contributed by atoms with Crippen molar-refractivity contribution in [3.05, 3.63) is 46.2 Å². The van der Waals surface area contributed by atoms with Gasteiger partial charge in [-0.25, -0.2) is 4.79 Å². The molecule has 6 nitrogen and oxygen atoms in total. The van der Waals surface area contributed by atoms with Gasteiger partial charge in [-0.3, -0.25) is 9.69 Å². The number of carboxylic acids is 1. The summed E-state index contributed by atoms with van der Waals surface area (Å²) in [7, 11) is 4.11. The number of hydrogen-bond donors (Lipinski definition) is 1. The van der Waals surface area contributed by atoms with Gasteiger partial charge in [-0.15, -0.1) is 0 Å². The molecule has 0 amide bonds. The van der Waals surface area contributed by atoms with E-state index >= 15 is 0 Å². The van der Waals surface area contributed by atoms with Crippen molar-refractivity contribution in [2.45, 2.75) is 12.5 Å². The van der Waals surface area contributed by atoms with Gasteiger partial charge in [0.25, 0.3) is 0 Å². The van der Waals surface area contributed by atoms with E-state index in [0.717, 1.165) is 38.1 Å². The lowest BCUT2D eigenvalue weighted by molar-refractivity contribution is 0.0694. The molecule has 1 aliphatic heterocycles. The Balaban J connectivity index is 1.96. The first-order chi connectivity index (χ1) is 11.5. The topological polar surface area (TPSA) is 65.8 Å². The van der Waals surface area contributed by atoms with Crippen molar-refractivity contribution >= 4 is 16.9 Å². The molecular formula is C18H23N3O3. The fourth-order valence-electron chi connectivity index (χ4n) is 3.34.